The third-order valence-corrected chi connectivity index (χ3v) is 7.46. The molecule has 3 aromatic rings. The Labute approximate surface area is 159 Å². The lowest BCUT2D eigenvalue weighted by Crippen LogP contribution is -2.52. The fourth-order valence-corrected chi connectivity index (χ4v) is 5.41. The van der Waals surface area contributed by atoms with Crippen LogP contribution in [0.4, 0.5) is 5.69 Å². The molecule has 2 aromatic heterocycles. The summed E-state index contributed by atoms with van der Waals surface area (Å²) in [6.45, 7) is 3.23. The summed E-state index contributed by atoms with van der Waals surface area (Å²) in [4.78, 5) is 10.1. The number of nitrogens with one attached hydrogen (secondary N) is 1. The minimum Gasteiger partial charge on any atom is -0.369 e. The third-order valence-electron chi connectivity index (χ3n) is 5.58. The van der Waals surface area contributed by atoms with Crippen molar-refractivity contribution in [1.82, 2.24) is 14.3 Å². The fraction of sp³-hybridized carbons (Fsp3) is 0.350. The average Bonchev–Trinajstić information content (AvgIpc) is 3.17. The molecule has 1 aliphatic heterocycles. The largest absolute Gasteiger partial charge is 0.369 e. The molecular formula is C20H24N4O2S. The minimum atomic E-state index is -3.48. The number of pyridine rings is 1. The zero-order chi connectivity index (χ0) is 19.0. The van der Waals surface area contributed by atoms with Crippen molar-refractivity contribution in [2.24, 2.45) is 5.92 Å². The maximum atomic E-state index is 13.1. The van der Waals surface area contributed by atoms with Crippen molar-refractivity contribution in [2.45, 2.75) is 24.3 Å². The quantitative estimate of drug-likeness (QED) is 0.750. The van der Waals surface area contributed by atoms with Gasteiger partial charge in [0.15, 0.2) is 0 Å². The lowest BCUT2D eigenvalue weighted by Gasteiger charge is -2.42. The van der Waals surface area contributed by atoms with Gasteiger partial charge in [-0.15, -0.1) is 0 Å². The molecular weight excluding hydrogens is 360 g/mol. The van der Waals surface area contributed by atoms with Crippen LogP contribution in [0.5, 0.6) is 0 Å². The van der Waals surface area contributed by atoms with Gasteiger partial charge < -0.3 is 9.88 Å². The number of rotatable bonds is 4. The second-order valence-electron chi connectivity index (χ2n) is 7.19. The first-order valence-electron chi connectivity index (χ1n) is 9.18. The molecule has 0 amide bonds. The Morgan fingerprint density at radius 1 is 1.19 bits per heavy atom. The van der Waals surface area contributed by atoms with Gasteiger partial charge in [-0.3, -0.25) is 0 Å². The number of hydrogen-bond donors (Lipinski definition) is 1. The van der Waals surface area contributed by atoms with Crippen LogP contribution in [0, 0.1) is 5.92 Å². The maximum absolute atomic E-state index is 13.1. The number of sulfonamides is 1. The molecule has 0 spiro atoms. The van der Waals surface area contributed by atoms with Gasteiger partial charge in [-0.05, 0) is 36.6 Å². The number of likely N-dealkylation sites (N-methyl/N-ethyl adjacent to an activating group) is 1. The number of aromatic amines is 1. The second kappa shape index (κ2) is 6.98. The number of anilines is 1. The summed E-state index contributed by atoms with van der Waals surface area (Å²) in [6.07, 6.45) is 4.50. The zero-order valence-corrected chi connectivity index (χ0v) is 16.4. The van der Waals surface area contributed by atoms with E-state index < -0.39 is 10.0 Å². The summed E-state index contributed by atoms with van der Waals surface area (Å²) in [7, 11) is -1.43. The van der Waals surface area contributed by atoms with Gasteiger partial charge >= 0.3 is 0 Å². The number of piperidine rings is 1. The summed E-state index contributed by atoms with van der Waals surface area (Å²) in [5.41, 5.74) is 1.91. The molecule has 1 aromatic carbocycles. The van der Waals surface area contributed by atoms with Gasteiger partial charge in [-0.25, -0.2) is 13.4 Å². The molecule has 0 radical (unpaired) electrons. The molecule has 142 valence electrons. The lowest BCUT2D eigenvalue weighted by atomic mass is 9.93. The summed E-state index contributed by atoms with van der Waals surface area (Å²) in [5, 5.41) is 1.05. The highest BCUT2D eigenvalue weighted by Gasteiger charge is 2.36. The topological polar surface area (TPSA) is 69.3 Å². The van der Waals surface area contributed by atoms with Gasteiger partial charge in [0.1, 0.15) is 5.65 Å². The van der Waals surface area contributed by atoms with Crippen LogP contribution in [0.1, 0.15) is 13.3 Å². The summed E-state index contributed by atoms with van der Waals surface area (Å²) in [6, 6.07) is 12.8. The van der Waals surface area contributed by atoms with Gasteiger partial charge in [0.2, 0.25) is 10.0 Å². The average molecular weight is 385 g/mol. The Kier molecular flexibility index (Phi) is 4.65. The van der Waals surface area contributed by atoms with Crippen LogP contribution in [-0.2, 0) is 10.0 Å². The van der Waals surface area contributed by atoms with Crippen molar-refractivity contribution >= 4 is 26.7 Å². The van der Waals surface area contributed by atoms with Crippen molar-refractivity contribution in [3.05, 3.63) is 54.9 Å². The van der Waals surface area contributed by atoms with Gasteiger partial charge in [-0.1, -0.05) is 25.1 Å². The van der Waals surface area contributed by atoms with E-state index in [1.165, 1.54) is 0 Å². The van der Waals surface area contributed by atoms with E-state index in [2.05, 4.69) is 21.8 Å². The number of benzene rings is 1. The van der Waals surface area contributed by atoms with E-state index >= 15 is 0 Å². The predicted molar refractivity (Wildman–Crippen MR) is 107 cm³/mol. The zero-order valence-electron chi connectivity index (χ0n) is 15.5. The molecule has 6 nitrogen and oxygen atoms in total. The van der Waals surface area contributed by atoms with Crippen molar-refractivity contribution in [2.75, 3.05) is 25.0 Å². The van der Waals surface area contributed by atoms with E-state index in [9.17, 15) is 8.42 Å². The van der Waals surface area contributed by atoms with Crippen molar-refractivity contribution in [3.63, 3.8) is 0 Å². The van der Waals surface area contributed by atoms with E-state index in [1.54, 1.807) is 34.8 Å². The van der Waals surface area contributed by atoms with Crippen molar-refractivity contribution in [3.8, 4) is 0 Å². The van der Waals surface area contributed by atoms with Gasteiger partial charge in [0, 0.05) is 49.6 Å². The molecule has 2 atom stereocenters. The van der Waals surface area contributed by atoms with E-state index in [0.717, 1.165) is 23.1 Å². The molecule has 3 heterocycles. The van der Waals surface area contributed by atoms with E-state index in [1.807, 2.05) is 31.4 Å². The van der Waals surface area contributed by atoms with Crippen LogP contribution < -0.4 is 4.90 Å². The fourth-order valence-electron chi connectivity index (χ4n) is 3.92. The smallest absolute Gasteiger partial charge is 0.243 e. The Hall–Kier alpha value is -2.38. The number of hydrogen-bond acceptors (Lipinski definition) is 4. The molecule has 7 heteroatoms. The predicted octanol–water partition coefficient (Wildman–Crippen LogP) is 3.10. The first kappa shape index (κ1) is 18.0. The highest BCUT2D eigenvalue weighted by molar-refractivity contribution is 7.89. The number of fused-ring (bicyclic) bond motifs is 1. The van der Waals surface area contributed by atoms with Crippen LogP contribution in [0.2, 0.25) is 0 Å². The minimum absolute atomic E-state index is 0.0951. The van der Waals surface area contributed by atoms with E-state index in [-0.39, 0.29) is 6.04 Å². The Balaban J connectivity index is 1.64. The van der Waals surface area contributed by atoms with Crippen LogP contribution in [0.3, 0.4) is 0 Å². The van der Waals surface area contributed by atoms with Gasteiger partial charge in [-0.2, -0.15) is 4.31 Å². The SMILES string of the molecule is C[C@@H]1CCN(S(=O)(=O)c2ccccc2)C[C@@H]1N(C)c1ccnc2[nH]ccc12. The molecule has 0 bridgehead atoms. The third kappa shape index (κ3) is 3.21. The molecule has 27 heavy (non-hydrogen) atoms. The first-order valence-corrected chi connectivity index (χ1v) is 10.6. The molecule has 1 fully saturated rings. The van der Waals surface area contributed by atoms with Crippen LogP contribution in [-0.4, -0.2) is 48.9 Å². The Morgan fingerprint density at radius 3 is 2.74 bits per heavy atom. The summed E-state index contributed by atoms with van der Waals surface area (Å²) >= 11 is 0. The highest BCUT2D eigenvalue weighted by atomic mass is 32.2. The normalized spacial score (nSPS) is 21.4. The van der Waals surface area contributed by atoms with Crippen LogP contribution in [0.25, 0.3) is 11.0 Å². The van der Waals surface area contributed by atoms with Crippen molar-refractivity contribution in [1.29, 1.82) is 0 Å². The molecule has 1 aliphatic rings. The van der Waals surface area contributed by atoms with Crippen LogP contribution in [0.15, 0.2) is 59.8 Å². The Bertz CT molecular complexity index is 1030. The summed E-state index contributed by atoms with van der Waals surface area (Å²) in [5.74, 6) is 0.388. The number of nitrogens with zero attached hydrogens (tertiary/aromatic N) is 3. The standard InChI is InChI=1S/C20H24N4O2S/c1-15-10-13-24(27(25,26)16-6-4-3-5-7-16)14-19(15)23(2)18-9-12-22-20-17(18)8-11-21-20/h3-9,11-12,15,19H,10,13-14H2,1-2H3,(H,21,22)/t15-,19+/m1/s1. The highest BCUT2D eigenvalue weighted by Crippen LogP contribution is 2.31. The molecule has 4 rings (SSSR count). The van der Waals surface area contributed by atoms with E-state index in [0.29, 0.717) is 23.9 Å². The number of aromatic nitrogens is 2. The molecule has 0 saturated carbocycles. The Morgan fingerprint density at radius 2 is 1.96 bits per heavy atom. The molecule has 1 N–H and O–H groups in total. The molecule has 0 aliphatic carbocycles. The first-order chi connectivity index (χ1) is 13.0. The van der Waals surface area contributed by atoms with Gasteiger partial charge in [0.25, 0.3) is 0 Å². The van der Waals surface area contributed by atoms with E-state index in [4.69, 9.17) is 0 Å². The lowest BCUT2D eigenvalue weighted by molar-refractivity contribution is 0.248. The number of H-pyrrole nitrogens is 1. The summed E-state index contributed by atoms with van der Waals surface area (Å²) < 4.78 is 27.7. The molecule has 1 saturated heterocycles. The monoisotopic (exact) mass is 384 g/mol. The second-order valence-corrected chi connectivity index (χ2v) is 9.13. The van der Waals surface area contributed by atoms with Crippen molar-refractivity contribution < 1.29 is 8.42 Å². The maximum Gasteiger partial charge on any atom is 0.243 e. The van der Waals surface area contributed by atoms with Crippen LogP contribution >= 0.6 is 0 Å². The molecule has 0 unspecified atom stereocenters. The van der Waals surface area contributed by atoms with Gasteiger partial charge in [0.05, 0.1) is 4.90 Å².